The number of rotatable bonds is 3. The zero-order valence-electron chi connectivity index (χ0n) is 11.6. The first-order chi connectivity index (χ1) is 9.36. The number of halogens is 4. The minimum Gasteiger partial charge on any atom is -0.299 e. The SMILES string of the molecule is CC(=O)CN1CC=C(c2cccc(C(F)(F)F)c2)CC1.Cl. The van der Waals surface area contributed by atoms with Crippen molar-refractivity contribution in [2.75, 3.05) is 19.6 Å². The number of alkyl halides is 3. The van der Waals surface area contributed by atoms with Crippen molar-refractivity contribution in [3.8, 4) is 0 Å². The molecule has 0 N–H and O–H groups in total. The molecule has 1 aliphatic rings. The number of hydrogen-bond donors (Lipinski definition) is 0. The summed E-state index contributed by atoms with van der Waals surface area (Å²) in [4.78, 5) is 13.0. The molecule has 0 aromatic heterocycles. The lowest BCUT2D eigenvalue weighted by Crippen LogP contribution is -2.32. The van der Waals surface area contributed by atoms with E-state index in [2.05, 4.69) is 0 Å². The van der Waals surface area contributed by atoms with Crippen LogP contribution in [0.4, 0.5) is 13.2 Å². The molecule has 6 heteroatoms. The van der Waals surface area contributed by atoms with Crippen LogP contribution in [-0.4, -0.2) is 30.3 Å². The molecule has 0 bridgehead atoms. The minimum atomic E-state index is -4.31. The van der Waals surface area contributed by atoms with E-state index in [4.69, 9.17) is 0 Å². The highest BCUT2D eigenvalue weighted by atomic mass is 35.5. The maximum absolute atomic E-state index is 12.7. The standard InChI is InChI=1S/C15H16F3NO.ClH/c1-11(20)10-19-7-5-12(6-8-19)13-3-2-4-14(9-13)15(16,17)18;/h2-5,9H,6-8,10H2,1H3;1H. The molecular formula is C15H17ClF3NO. The molecule has 0 fully saturated rings. The number of Topliss-reactive ketones (excluding diaryl/α,β-unsaturated/α-hetero) is 1. The third-order valence-electron chi connectivity index (χ3n) is 3.30. The van der Waals surface area contributed by atoms with Gasteiger partial charge in [-0.15, -0.1) is 12.4 Å². The summed E-state index contributed by atoms with van der Waals surface area (Å²) in [7, 11) is 0. The Balaban J connectivity index is 0.00000220. The molecule has 1 aromatic carbocycles. The van der Waals surface area contributed by atoms with Crippen molar-refractivity contribution in [2.45, 2.75) is 19.5 Å². The van der Waals surface area contributed by atoms with E-state index in [9.17, 15) is 18.0 Å². The van der Waals surface area contributed by atoms with Crippen molar-refractivity contribution in [1.82, 2.24) is 4.90 Å². The maximum Gasteiger partial charge on any atom is 0.416 e. The number of ketones is 1. The highest BCUT2D eigenvalue weighted by Crippen LogP contribution is 2.32. The lowest BCUT2D eigenvalue weighted by Gasteiger charge is -2.25. The van der Waals surface area contributed by atoms with Gasteiger partial charge in [0.05, 0.1) is 12.1 Å². The van der Waals surface area contributed by atoms with Crippen LogP contribution in [-0.2, 0) is 11.0 Å². The third kappa shape index (κ3) is 4.86. The first-order valence-electron chi connectivity index (χ1n) is 6.45. The summed E-state index contributed by atoms with van der Waals surface area (Å²) in [5.74, 6) is 0.0981. The van der Waals surface area contributed by atoms with Crippen LogP contribution >= 0.6 is 12.4 Å². The van der Waals surface area contributed by atoms with Gasteiger partial charge in [0.2, 0.25) is 0 Å². The molecule has 21 heavy (non-hydrogen) atoms. The van der Waals surface area contributed by atoms with Crippen LogP contribution in [0.25, 0.3) is 5.57 Å². The Morgan fingerprint density at radius 2 is 2.05 bits per heavy atom. The Bertz CT molecular complexity index is 540. The van der Waals surface area contributed by atoms with E-state index in [0.29, 0.717) is 31.6 Å². The van der Waals surface area contributed by atoms with Gasteiger partial charge in [-0.25, -0.2) is 0 Å². The van der Waals surface area contributed by atoms with Gasteiger partial charge in [0, 0.05) is 13.1 Å². The lowest BCUT2D eigenvalue weighted by atomic mass is 9.97. The second-order valence-corrected chi connectivity index (χ2v) is 5.00. The molecule has 1 heterocycles. The number of carbonyl (C=O) groups excluding carboxylic acids is 1. The second kappa shape index (κ2) is 7.09. The fourth-order valence-electron chi connectivity index (χ4n) is 2.33. The molecule has 0 radical (unpaired) electrons. The lowest BCUT2D eigenvalue weighted by molar-refractivity contribution is -0.137. The summed E-state index contributed by atoms with van der Waals surface area (Å²) in [5.41, 5.74) is 0.903. The highest BCUT2D eigenvalue weighted by Gasteiger charge is 2.30. The summed E-state index contributed by atoms with van der Waals surface area (Å²) in [6.07, 6.45) is -1.75. The van der Waals surface area contributed by atoms with Gasteiger partial charge >= 0.3 is 6.18 Å². The quantitative estimate of drug-likeness (QED) is 0.844. The maximum atomic E-state index is 12.7. The number of benzene rings is 1. The van der Waals surface area contributed by atoms with Gasteiger partial charge in [-0.2, -0.15) is 13.2 Å². The van der Waals surface area contributed by atoms with Crippen molar-refractivity contribution in [3.63, 3.8) is 0 Å². The van der Waals surface area contributed by atoms with Gasteiger partial charge in [-0.1, -0.05) is 18.2 Å². The zero-order chi connectivity index (χ0) is 14.8. The molecule has 0 spiro atoms. The molecule has 0 amide bonds. The van der Waals surface area contributed by atoms with Crippen LogP contribution in [0, 0.1) is 0 Å². The summed E-state index contributed by atoms with van der Waals surface area (Å²) in [6.45, 7) is 3.23. The summed E-state index contributed by atoms with van der Waals surface area (Å²) >= 11 is 0. The molecule has 0 saturated heterocycles. The van der Waals surface area contributed by atoms with Crippen molar-refractivity contribution >= 4 is 23.8 Å². The molecule has 116 valence electrons. The molecule has 2 rings (SSSR count). The van der Waals surface area contributed by atoms with Crippen LogP contribution in [0.1, 0.15) is 24.5 Å². The second-order valence-electron chi connectivity index (χ2n) is 5.00. The molecule has 0 aliphatic carbocycles. The van der Waals surface area contributed by atoms with Gasteiger partial charge in [-0.3, -0.25) is 9.69 Å². The summed E-state index contributed by atoms with van der Waals surface area (Å²) in [6, 6.07) is 5.39. The Kier molecular flexibility index (Phi) is 5.98. The first-order valence-corrected chi connectivity index (χ1v) is 6.45. The summed E-state index contributed by atoms with van der Waals surface area (Å²) < 4.78 is 38.0. The molecular weight excluding hydrogens is 303 g/mol. The van der Waals surface area contributed by atoms with Gasteiger partial charge in [0.1, 0.15) is 5.78 Å². The molecule has 2 nitrogen and oxygen atoms in total. The van der Waals surface area contributed by atoms with E-state index >= 15 is 0 Å². The van der Waals surface area contributed by atoms with E-state index in [1.54, 1.807) is 6.07 Å². The van der Waals surface area contributed by atoms with Crippen molar-refractivity contribution in [1.29, 1.82) is 0 Å². The Morgan fingerprint density at radius 1 is 1.33 bits per heavy atom. The van der Waals surface area contributed by atoms with Gasteiger partial charge in [0.15, 0.2) is 0 Å². The third-order valence-corrected chi connectivity index (χ3v) is 3.30. The largest absolute Gasteiger partial charge is 0.416 e. The minimum absolute atomic E-state index is 0. The van der Waals surface area contributed by atoms with E-state index < -0.39 is 11.7 Å². The number of nitrogens with zero attached hydrogens (tertiary/aromatic N) is 1. The van der Waals surface area contributed by atoms with Crippen molar-refractivity contribution in [2.24, 2.45) is 0 Å². The van der Waals surface area contributed by atoms with Gasteiger partial charge in [0.25, 0.3) is 0 Å². The Morgan fingerprint density at radius 3 is 2.57 bits per heavy atom. The molecule has 1 aromatic rings. The predicted octanol–water partition coefficient (Wildman–Crippen LogP) is 3.81. The fourth-order valence-corrected chi connectivity index (χ4v) is 2.33. The highest BCUT2D eigenvalue weighted by molar-refractivity contribution is 5.85. The monoisotopic (exact) mass is 319 g/mol. The van der Waals surface area contributed by atoms with E-state index in [-0.39, 0.29) is 18.2 Å². The van der Waals surface area contributed by atoms with Crippen LogP contribution in [0.5, 0.6) is 0 Å². The molecule has 1 aliphatic heterocycles. The zero-order valence-corrected chi connectivity index (χ0v) is 12.4. The average molecular weight is 320 g/mol. The van der Waals surface area contributed by atoms with Crippen LogP contribution in [0.3, 0.4) is 0 Å². The fraction of sp³-hybridized carbons (Fsp3) is 0.400. The topological polar surface area (TPSA) is 20.3 Å². The molecule has 0 unspecified atom stereocenters. The number of carbonyl (C=O) groups is 1. The Hall–Kier alpha value is -1.33. The van der Waals surface area contributed by atoms with Gasteiger partial charge in [-0.05, 0) is 36.6 Å². The molecule has 0 saturated carbocycles. The summed E-state index contributed by atoms with van der Waals surface area (Å²) in [5, 5.41) is 0. The van der Waals surface area contributed by atoms with E-state index in [1.165, 1.54) is 19.1 Å². The van der Waals surface area contributed by atoms with Crippen LogP contribution in [0.15, 0.2) is 30.3 Å². The average Bonchev–Trinajstić information content (AvgIpc) is 2.38. The number of hydrogen-bond acceptors (Lipinski definition) is 2. The smallest absolute Gasteiger partial charge is 0.299 e. The van der Waals surface area contributed by atoms with Gasteiger partial charge < -0.3 is 0 Å². The Labute approximate surface area is 128 Å². The molecule has 0 atom stereocenters. The van der Waals surface area contributed by atoms with Crippen LogP contribution < -0.4 is 0 Å². The van der Waals surface area contributed by atoms with Crippen LogP contribution in [0.2, 0.25) is 0 Å². The predicted molar refractivity (Wildman–Crippen MR) is 78.4 cm³/mol. The van der Waals surface area contributed by atoms with Crippen molar-refractivity contribution in [3.05, 3.63) is 41.5 Å². The normalized spacial score (nSPS) is 16.1. The first kappa shape index (κ1) is 17.7. The van der Waals surface area contributed by atoms with Crippen molar-refractivity contribution < 1.29 is 18.0 Å². The van der Waals surface area contributed by atoms with E-state index in [0.717, 1.165) is 11.6 Å². The van der Waals surface area contributed by atoms with E-state index in [1.807, 2.05) is 11.0 Å².